The van der Waals surface area contributed by atoms with Crippen LogP contribution in [0.3, 0.4) is 0 Å². The summed E-state index contributed by atoms with van der Waals surface area (Å²) in [7, 11) is -3.88. The van der Waals surface area contributed by atoms with Crippen molar-refractivity contribution in [3.63, 3.8) is 0 Å². The van der Waals surface area contributed by atoms with E-state index in [0.29, 0.717) is 5.75 Å². The van der Waals surface area contributed by atoms with Crippen LogP contribution in [0, 0.1) is 0 Å². The molecule has 1 saturated carbocycles. The van der Waals surface area contributed by atoms with Gasteiger partial charge >= 0.3 is 0 Å². The Morgan fingerprint density at radius 3 is 2.20 bits per heavy atom. The monoisotopic (exact) mass is 337 g/mol. The number of halogens is 2. The molecule has 0 amide bonds. The molecule has 112 valence electrons. The normalized spacial score (nSPS) is 17.8. The van der Waals surface area contributed by atoms with E-state index in [1.807, 2.05) is 0 Å². The first-order chi connectivity index (χ1) is 9.38. The van der Waals surface area contributed by atoms with Crippen LogP contribution in [-0.4, -0.2) is 14.5 Å². The van der Waals surface area contributed by atoms with Gasteiger partial charge in [0.2, 0.25) is 10.0 Å². The van der Waals surface area contributed by atoms with Gasteiger partial charge in [-0.2, -0.15) is 0 Å². The van der Waals surface area contributed by atoms with Crippen LogP contribution in [0.15, 0.2) is 17.0 Å². The zero-order chi connectivity index (χ0) is 14.8. The minimum Gasteiger partial charge on any atom is -0.489 e. The molecule has 4 nitrogen and oxygen atoms in total. The Labute approximate surface area is 129 Å². The molecule has 20 heavy (non-hydrogen) atoms. The summed E-state index contributed by atoms with van der Waals surface area (Å²) in [5, 5.41) is 5.31. The summed E-state index contributed by atoms with van der Waals surface area (Å²) < 4.78 is 28.6. The van der Waals surface area contributed by atoms with Crippen LogP contribution in [0.1, 0.15) is 38.5 Å². The number of primary sulfonamides is 1. The Morgan fingerprint density at radius 1 is 1.05 bits per heavy atom. The highest BCUT2D eigenvalue weighted by Gasteiger charge is 2.20. The average molecular weight is 338 g/mol. The molecule has 0 atom stereocenters. The molecular weight excluding hydrogens is 321 g/mol. The molecule has 1 aliphatic carbocycles. The second-order valence-corrected chi connectivity index (χ2v) is 7.33. The standard InChI is InChI=1S/C13H17Cl2NO3S/c14-10-8-13(20(16,17)18)11(15)7-12(10)19-9-5-3-1-2-4-6-9/h7-9H,1-6H2,(H2,16,17,18). The maximum absolute atomic E-state index is 11.3. The summed E-state index contributed by atoms with van der Waals surface area (Å²) in [6.45, 7) is 0. The second kappa shape index (κ2) is 6.52. The van der Waals surface area contributed by atoms with Crippen LogP contribution >= 0.6 is 23.2 Å². The first-order valence-electron chi connectivity index (χ1n) is 6.56. The lowest BCUT2D eigenvalue weighted by molar-refractivity contribution is 0.184. The van der Waals surface area contributed by atoms with Crippen molar-refractivity contribution < 1.29 is 13.2 Å². The maximum Gasteiger partial charge on any atom is 0.239 e. The molecule has 2 rings (SSSR count). The van der Waals surface area contributed by atoms with E-state index in [2.05, 4.69) is 0 Å². The van der Waals surface area contributed by atoms with Crippen molar-refractivity contribution in [2.24, 2.45) is 5.14 Å². The van der Waals surface area contributed by atoms with Crippen LogP contribution in [0.4, 0.5) is 0 Å². The van der Waals surface area contributed by atoms with E-state index in [9.17, 15) is 8.42 Å². The third kappa shape index (κ3) is 4.01. The van der Waals surface area contributed by atoms with E-state index in [1.165, 1.54) is 25.0 Å². The molecule has 7 heteroatoms. The number of nitrogens with two attached hydrogens (primary N) is 1. The minimum atomic E-state index is -3.88. The van der Waals surface area contributed by atoms with Crippen molar-refractivity contribution in [1.82, 2.24) is 0 Å². The largest absolute Gasteiger partial charge is 0.489 e. The zero-order valence-corrected chi connectivity index (χ0v) is 13.3. The summed E-state index contributed by atoms with van der Waals surface area (Å²) in [6, 6.07) is 2.67. The lowest BCUT2D eigenvalue weighted by Gasteiger charge is -2.18. The van der Waals surface area contributed by atoms with Crippen LogP contribution in [0.5, 0.6) is 5.75 Å². The first-order valence-corrected chi connectivity index (χ1v) is 8.86. The van der Waals surface area contributed by atoms with Crippen molar-refractivity contribution in [3.8, 4) is 5.75 Å². The van der Waals surface area contributed by atoms with E-state index < -0.39 is 10.0 Å². The van der Waals surface area contributed by atoms with E-state index >= 15 is 0 Å². The fraction of sp³-hybridized carbons (Fsp3) is 0.538. The third-order valence-electron chi connectivity index (χ3n) is 3.39. The van der Waals surface area contributed by atoms with Crippen molar-refractivity contribution >= 4 is 33.2 Å². The third-order valence-corrected chi connectivity index (χ3v) is 5.06. The molecule has 0 aromatic heterocycles. The molecular formula is C13H17Cl2NO3S. The van der Waals surface area contributed by atoms with Gasteiger partial charge in [-0.1, -0.05) is 36.0 Å². The van der Waals surface area contributed by atoms with Gasteiger partial charge in [-0.25, -0.2) is 13.6 Å². The Balaban J connectivity index is 2.22. The van der Waals surface area contributed by atoms with Crippen LogP contribution in [-0.2, 0) is 10.0 Å². The smallest absolute Gasteiger partial charge is 0.239 e. The first kappa shape index (κ1) is 15.9. The topological polar surface area (TPSA) is 69.4 Å². The summed E-state index contributed by atoms with van der Waals surface area (Å²) in [5.41, 5.74) is 0. The lowest BCUT2D eigenvalue weighted by atomic mass is 10.1. The molecule has 0 unspecified atom stereocenters. The quantitative estimate of drug-likeness (QED) is 0.854. The summed E-state index contributed by atoms with van der Waals surface area (Å²) in [5.74, 6) is 0.413. The van der Waals surface area contributed by atoms with Gasteiger partial charge < -0.3 is 4.74 Å². The molecule has 1 aromatic carbocycles. The molecule has 1 aromatic rings. The lowest BCUT2D eigenvalue weighted by Crippen LogP contribution is -2.16. The summed E-state index contributed by atoms with van der Waals surface area (Å²) in [6.07, 6.45) is 6.76. The van der Waals surface area contributed by atoms with E-state index in [4.69, 9.17) is 33.1 Å². The second-order valence-electron chi connectivity index (χ2n) is 4.99. The minimum absolute atomic E-state index is 0.0283. The van der Waals surface area contributed by atoms with Crippen LogP contribution in [0.25, 0.3) is 0 Å². The Hall–Kier alpha value is -0.490. The summed E-state index contributed by atoms with van der Waals surface area (Å²) in [4.78, 5) is -0.183. The van der Waals surface area contributed by atoms with Gasteiger partial charge in [0, 0.05) is 6.07 Å². The molecule has 1 aliphatic rings. The highest BCUT2D eigenvalue weighted by molar-refractivity contribution is 7.89. The highest BCUT2D eigenvalue weighted by atomic mass is 35.5. The van der Waals surface area contributed by atoms with Crippen LogP contribution in [0.2, 0.25) is 10.0 Å². The van der Waals surface area contributed by atoms with Gasteiger partial charge in [0.15, 0.2) is 0 Å². The zero-order valence-electron chi connectivity index (χ0n) is 10.9. The predicted molar refractivity (Wildman–Crippen MR) is 80.0 cm³/mol. The van der Waals surface area contributed by atoms with Gasteiger partial charge in [-0.15, -0.1) is 0 Å². The van der Waals surface area contributed by atoms with E-state index in [1.54, 1.807) is 0 Å². The highest BCUT2D eigenvalue weighted by Crippen LogP contribution is 2.35. The molecule has 0 saturated heterocycles. The summed E-state index contributed by atoms with van der Waals surface area (Å²) >= 11 is 12.0. The van der Waals surface area contributed by atoms with Crippen molar-refractivity contribution in [3.05, 3.63) is 22.2 Å². The van der Waals surface area contributed by atoms with Crippen molar-refractivity contribution in [2.45, 2.75) is 49.5 Å². The maximum atomic E-state index is 11.3. The number of rotatable bonds is 3. The van der Waals surface area contributed by atoms with Crippen LogP contribution < -0.4 is 9.88 Å². The molecule has 0 spiro atoms. The van der Waals surface area contributed by atoms with Gasteiger partial charge in [0.25, 0.3) is 0 Å². The number of benzene rings is 1. The molecule has 0 bridgehead atoms. The molecule has 0 aliphatic heterocycles. The van der Waals surface area contributed by atoms with Gasteiger partial charge in [-0.3, -0.25) is 0 Å². The number of hydrogen-bond donors (Lipinski definition) is 1. The van der Waals surface area contributed by atoms with E-state index in [0.717, 1.165) is 25.7 Å². The molecule has 0 heterocycles. The SMILES string of the molecule is NS(=O)(=O)c1cc(Cl)c(OC2CCCCCC2)cc1Cl. The average Bonchev–Trinajstić information content (AvgIpc) is 2.60. The van der Waals surface area contributed by atoms with Gasteiger partial charge in [0.05, 0.1) is 16.1 Å². The Kier molecular flexibility index (Phi) is 5.18. The number of hydrogen-bond acceptors (Lipinski definition) is 3. The number of ether oxygens (including phenoxy) is 1. The molecule has 2 N–H and O–H groups in total. The van der Waals surface area contributed by atoms with Crippen molar-refractivity contribution in [1.29, 1.82) is 0 Å². The molecule has 0 radical (unpaired) electrons. The van der Waals surface area contributed by atoms with Gasteiger partial charge in [-0.05, 0) is 31.7 Å². The molecule has 1 fully saturated rings. The van der Waals surface area contributed by atoms with Crippen molar-refractivity contribution in [2.75, 3.05) is 0 Å². The number of sulfonamides is 1. The van der Waals surface area contributed by atoms with E-state index in [-0.39, 0.29) is 21.0 Å². The Bertz CT molecular complexity index is 582. The fourth-order valence-corrected chi connectivity index (χ4v) is 3.72. The Morgan fingerprint density at radius 2 is 1.65 bits per heavy atom. The fourth-order valence-electron chi connectivity index (χ4n) is 2.36. The van der Waals surface area contributed by atoms with Gasteiger partial charge in [0.1, 0.15) is 10.6 Å². The predicted octanol–water partition coefficient (Wildman–Crippen LogP) is 3.74.